The van der Waals surface area contributed by atoms with Crippen molar-refractivity contribution in [1.82, 2.24) is 5.32 Å². The van der Waals surface area contributed by atoms with Crippen LogP contribution in [-0.4, -0.2) is 14.2 Å². The summed E-state index contributed by atoms with van der Waals surface area (Å²) in [4.78, 5) is 0. The van der Waals surface area contributed by atoms with Crippen molar-refractivity contribution in [2.45, 2.75) is 19.4 Å². The molecule has 1 atom stereocenters. The van der Waals surface area contributed by atoms with Crippen molar-refractivity contribution in [1.29, 1.82) is 0 Å². The number of hydrogen-bond donors (Lipinski definition) is 1. The van der Waals surface area contributed by atoms with Crippen LogP contribution in [0.15, 0.2) is 42.5 Å². The van der Waals surface area contributed by atoms with Gasteiger partial charge in [0.2, 0.25) is 0 Å². The van der Waals surface area contributed by atoms with Crippen LogP contribution in [0.4, 0.5) is 4.39 Å². The molecular weight excluding hydrogens is 253 g/mol. The highest BCUT2D eigenvalue weighted by molar-refractivity contribution is 5.38. The highest BCUT2D eigenvalue weighted by Gasteiger charge is 2.16. The summed E-state index contributed by atoms with van der Waals surface area (Å²) in [6.45, 7) is 2.11. The van der Waals surface area contributed by atoms with E-state index in [9.17, 15) is 4.39 Å². The van der Waals surface area contributed by atoms with Crippen LogP contribution in [0.3, 0.4) is 0 Å². The first-order chi connectivity index (χ1) is 9.69. The number of halogens is 1. The van der Waals surface area contributed by atoms with Gasteiger partial charge in [-0.3, -0.25) is 0 Å². The second kappa shape index (κ2) is 6.53. The number of methoxy groups -OCH3 is 1. The molecular formula is C17H20FNO. The van der Waals surface area contributed by atoms with Gasteiger partial charge in [-0.25, -0.2) is 4.39 Å². The molecule has 2 rings (SSSR count). The van der Waals surface area contributed by atoms with E-state index in [2.05, 4.69) is 24.4 Å². The van der Waals surface area contributed by atoms with E-state index in [4.69, 9.17) is 4.74 Å². The van der Waals surface area contributed by atoms with Crippen molar-refractivity contribution < 1.29 is 9.13 Å². The standard InChI is InChI=1S/C17H20FNO/c1-4-12-6-5-7-13(10-12)17(19-2)15-9-8-14(20-3)11-16(15)18/h5-11,17,19H,4H2,1-3H3. The van der Waals surface area contributed by atoms with Gasteiger partial charge in [-0.05, 0) is 30.7 Å². The van der Waals surface area contributed by atoms with Crippen LogP contribution in [-0.2, 0) is 6.42 Å². The predicted octanol–water partition coefficient (Wildman–Crippen LogP) is 3.71. The number of hydrogen-bond acceptors (Lipinski definition) is 2. The highest BCUT2D eigenvalue weighted by Crippen LogP contribution is 2.27. The lowest BCUT2D eigenvalue weighted by atomic mass is 9.96. The Morgan fingerprint density at radius 3 is 2.60 bits per heavy atom. The fraction of sp³-hybridized carbons (Fsp3) is 0.294. The third kappa shape index (κ3) is 2.99. The van der Waals surface area contributed by atoms with Gasteiger partial charge in [0.05, 0.1) is 13.2 Å². The summed E-state index contributed by atoms with van der Waals surface area (Å²) in [7, 11) is 3.38. The average Bonchev–Trinajstić information content (AvgIpc) is 2.49. The normalized spacial score (nSPS) is 12.2. The van der Waals surface area contributed by atoms with Gasteiger partial charge in [0.25, 0.3) is 0 Å². The van der Waals surface area contributed by atoms with Crippen LogP contribution in [0.25, 0.3) is 0 Å². The summed E-state index contributed by atoms with van der Waals surface area (Å²) in [6, 6.07) is 13.0. The molecule has 0 radical (unpaired) electrons. The minimum Gasteiger partial charge on any atom is -0.497 e. The molecule has 1 unspecified atom stereocenters. The highest BCUT2D eigenvalue weighted by atomic mass is 19.1. The lowest BCUT2D eigenvalue weighted by Crippen LogP contribution is -2.19. The first kappa shape index (κ1) is 14.5. The van der Waals surface area contributed by atoms with E-state index < -0.39 is 0 Å². The van der Waals surface area contributed by atoms with Gasteiger partial charge in [0, 0.05) is 11.6 Å². The van der Waals surface area contributed by atoms with E-state index in [1.54, 1.807) is 12.1 Å². The van der Waals surface area contributed by atoms with Crippen molar-refractivity contribution in [3.8, 4) is 5.75 Å². The van der Waals surface area contributed by atoms with Crippen molar-refractivity contribution >= 4 is 0 Å². The second-order valence-corrected chi connectivity index (χ2v) is 4.71. The summed E-state index contributed by atoms with van der Waals surface area (Å²) in [6.07, 6.45) is 0.968. The van der Waals surface area contributed by atoms with E-state index >= 15 is 0 Å². The number of ether oxygens (including phenoxy) is 1. The van der Waals surface area contributed by atoms with E-state index in [0.29, 0.717) is 11.3 Å². The van der Waals surface area contributed by atoms with Crippen LogP contribution in [0.5, 0.6) is 5.75 Å². The smallest absolute Gasteiger partial charge is 0.132 e. The van der Waals surface area contributed by atoms with Gasteiger partial charge in [-0.1, -0.05) is 37.3 Å². The molecule has 0 aliphatic heterocycles. The Kier molecular flexibility index (Phi) is 4.74. The van der Waals surface area contributed by atoms with Crippen LogP contribution < -0.4 is 10.1 Å². The second-order valence-electron chi connectivity index (χ2n) is 4.71. The minimum absolute atomic E-state index is 0.160. The monoisotopic (exact) mass is 273 g/mol. The first-order valence-electron chi connectivity index (χ1n) is 6.79. The number of benzene rings is 2. The Bertz CT molecular complexity index is 583. The third-order valence-corrected chi connectivity index (χ3v) is 3.50. The SMILES string of the molecule is CCc1cccc(C(NC)c2ccc(OC)cc2F)c1. The average molecular weight is 273 g/mol. The van der Waals surface area contributed by atoms with Crippen LogP contribution >= 0.6 is 0 Å². The lowest BCUT2D eigenvalue weighted by Gasteiger charge is -2.19. The van der Waals surface area contributed by atoms with Crippen molar-refractivity contribution in [2.75, 3.05) is 14.2 Å². The Balaban J connectivity index is 2.41. The molecule has 106 valence electrons. The largest absolute Gasteiger partial charge is 0.497 e. The molecule has 0 aliphatic rings. The molecule has 2 nitrogen and oxygen atoms in total. The van der Waals surface area contributed by atoms with Gasteiger partial charge in [0.15, 0.2) is 0 Å². The van der Waals surface area contributed by atoms with Crippen LogP contribution in [0.2, 0.25) is 0 Å². The van der Waals surface area contributed by atoms with Gasteiger partial charge in [0.1, 0.15) is 11.6 Å². The predicted molar refractivity (Wildman–Crippen MR) is 79.7 cm³/mol. The van der Waals surface area contributed by atoms with Gasteiger partial charge in [-0.15, -0.1) is 0 Å². The molecule has 0 heterocycles. The molecule has 1 N–H and O–H groups in total. The zero-order chi connectivity index (χ0) is 14.5. The first-order valence-corrected chi connectivity index (χ1v) is 6.79. The molecule has 2 aromatic rings. The number of aryl methyl sites for hydroxylation is 1. The molecule has 2 aromatic carbocycles. The zero-order valence-corrected chi connectivity index (χ0v) is 12.1. The summed E-state index contributed by atoms with van der Waals surface area (Å²) >= 11 is 0. The van der Waals surface area contributed by atoms with E-state index in [-0.39, 0.29) is 11.9 Å². The maximum atomic E-state index is 14.2. The Morgan fingerprint density at radius 1 is 1.20 bits per heavy atom. The fourth-order valence-corrected chi connectivity index (χ4v) is 2.36. The fourth-order valence-electron chi connectivity index (χ4n) is 2.36. The van der Waals surface area contributed by atoms with E-state index in [0.717, 1.165) is 12.0 Å². The number of nitrogens with one attached hydrogen (secondary N) is 1. The molecule has 0 saturated carbocycles. The molecule has 0 saturated heterocycles. The molecule has 0 amide bonds. The molecule has 0 aromatic heterocycles. The molecule has 0 fully saturated rings. The molecule has 20 heavy (non-hydrogen) atoms. The van der Waals surface area contributed by atoms with Gasteiger partial charge >= 0.3 is 0 Å². The zero-order valence-electron chi connectivity index (χ0n) is 12.1. The maximum absolute atomic E-state index is 14.2. The quantitative estimate of drug-likeness (QED) is 0.896. The van der Waals surface area contributed by atoms with E-state index in [1.165, 1.54) is 18.7 Å². The summed E-state index contributed by atoms with van der Waals surface area (Å²) in [5, 5.41) is 3.18. The third-order valence-electron chi connectivity index (χ3n) is 3.50. The van der Waals surface area contributed by atoms with Crippen molar-refractivity contribution in [3.05, 3.63) is 65.0 Å². The Labute approximate surface area is 119 Å². The van der Waals surface area contributed by atoms with Gasteiger partial charge < -0.3 is 10.1 Å². The molecule has 0 spiro atoms. The molecule has 3 heteroatoms. The Morgan fingerprint density at radius 2 is 2.00 bits per heavy atom. The summed E-state index contributed by atoms with van der Waals surface area (Å²) < 4.78 is 19.3. The van der Waals surface area contributed by atoms with Crippen molar-refractivity contribution in [2.24, 2.45) is 0 Å². The van der Waals surface area contributed by atoms with Crippen LogP contribution in [0.1, 0.15) is 29.7 Å². The lowest BCUT2D eigenvalue weighted by molar-refractivity contribution is 0.410. The van der Waals surface area contributed by atoms with Crippen LogP contribution in [0, 0.1) is 5.82 Å². The topological polar surface area (TPSA) is 21.3 Å². The number of rotatable bonds is 5. The molecule has 0 bridgehead atoms. The summed E-state index contributed by atoms with van der Waals surface area (Å²) in [5.74, 6) is 0.272. The van der Waals surface area contributed by atoms with E-state index in [1.807, 2.05) is 19.2 Å². The summed E-state index contributed by atoms with van der Waals surface area (Å²) in [5.41, 5.74) is 2.94. The molecule has 0 aliphatic carbocycles. The van der Waals surface area contributed by atoms with Gasteiger partial charge in [-0.2, -0.15) is 0 Å². The maximum Gasteiger partial charge on any atom is 0.132 e. The minimum atomic E-state index is -0.259. The Hall–Kier alpha value is -1.87. The van der Waals surface area contributed by atoms with Crippen molar-refractivity contribution in [3.63, 3.8) is 0 Å².